The predicted molar refractivity (Wildman–Crippen MR) is 79.4 cm³/mol. The van der Waals surface area contributed by atoms with Gasteiger partial charge in [-0.05, 0) is 55.8 Å². The van der Waals surface area contributed by atoms with Gasteiger partial charge in [-0.25, -0.2) is 0 Å². The average Bonchev–Trinajstić information content (AvgIpc) is 2.78. The van der Waals surface area contributed by atoms with Crippen LogP contribution >= 0.6 is 0 Å². The van der Waals surface area contributed by atoms with E-state index < -0.39 is 11.7 Å². The van der Waals surface area contributed by atoms with E-state index in [1.807, 2.05) is 0 Å². The van der Waals surface area contributed by atoms with E-state index in [1.165, 1.54) is 18.2 Å². The van der Waals surface area contributed by atoms with Gasteiger partial charge in [0.05, 0.1) is 5.56 Å². The summed E-state index contributed by atoms with van der Waals surface area (Å²) in [7, 11) is 0. The van der Waals surface area contributed by atoms with Crippen LogP contribution in [-0.4, -0.2) is 4.57 Å². The van der Waals surface area contributed by atoms with Crippen molar-refractivity contribution < 1.29 is 13.2 Å². The van der Waals surface area contributed by atoms with Crippen LogP contribution in [0.25, 0.3) is 11.8 Å². The van der Waals surface area contributed by atoms with Crippen molar-refractivity contribution in [3.63, 3.8) is 0 Å². The third kappa shape index (κ3) is 3.27. The predicted octanol–water partition coefficient (Wildman–Crippen LogP) is 4.54. The van der Waals surface area contributed by atoms with Crippen molar-refractivity contribution in [2.45, 2.75) is 20.0 Å². The standard InChI is InChI=1S/C17H12F3N3/c1-11-7-14(8-13(9-21)10-22)12(2)23(11)16-5-3-15(4-6-16)17(18,19)20/h3-8H,1-2H3. The van der Waals surface area contributed by atoms with E-state index in [4.69, 9.17) is 10.5 Å². The summed E-state index contributed by atoms with van der Waals surface area (Å²) in [6.07, 6.45) is -2.91. The lowest BCUT2D eigenvalue weighted by molar-refractivity contribution is -0.137. The fraction of sp³-hybridized carbons (Fsp3) is 0.176. The minimum absolute atomic E-state index is 0.0299. The Morgan fingerprint density at radius 1 is 1.09 bits per heavy atom. The Kier molecular flexibility index (Phi) is 4.29. The van der Waals surface area contributed by atoms with E-state index in [0.29, 0.717) is 11.3 Å². The topological polar surface area (TPSA) is 52.5 Å². The number of rotatable bonds is 2. The molecule has 0 aliphatic heterocycles. The second kappa shape index (κ2) is 6.02. The molecule has 2 rings (SSSR count). The highest BCUT2D eigenvalue weighted by Gasteiger charge is 2.30. The summed E-state index contributed by atoms with van der Waals surface area (Å²) in [6, 6.07) is 10.2. The second-order valence-electron chi connectivity index (χ2n) is 4.99. The summed E-state index contributed by atoms with van der Waals surface area (Å²) < 4.78 is 39.7. The first-order chi connectivity index (χ1) is 10.8. The number of alkyl halides is 3. The van der Waals surface area contributed by atoms with Crippen molar-refractivity contribution >= 4 is 6.08 Å². The highest BCUT2D eigenvalue weighted by Crippen LogP contribution is 2.30. The zero-order chi connectivity index (χ0) is 17.2. The average molecular weight is 315 g/mol. The molecule has 0 spiro atoms. The van der Waals surface area contributed by atoms with Crippen molar-refractivity contribution in [1.82, 2.24) is 4.57 Å². The van der Waals surface area contributed by atoms with Crippen LogP contribution in [0.15, 0.2) is 35.9 Å². The lowest BCUT2D eigenvalue weighted by atomic mass is 10.1. The normalized spacial score (nSPS) is 10.7. The molecule has 3 nitrogen and oxygen atoms in total. The van der Waals surface area contributed by atoms with E-state index in [1.54, 1.807) is 36.6 Å². The van der Waals surface area contributed by atoms with Crippen molar-refractivity contribution in [1.29, 1.82) is 10.5 Å². The number of aryl methyl sites for hydroxylation is 1. The summed E-state index contributed by atoms with van der Waals surface area (Å²) in [6.45, 7) is 3.59. The summed E-state index contributed by atoms with van der Waals surface area (Å²) in [5, 5.41) is 17.6. The van der Waals surface area contributed by atoms with Gasteiger partial charge in [-0.15, -0.1) is 0 Å². The largest absolute Gasteiger partial charge is 0.416 e. The van der Waals surface area contributed by atoms with Crippen LogP contribution in [0.1, 0.15) is 22.5 Å². The molecule has 1 heterocycles. The lowest BCUT2D eigenvalue weighted by Gasteiger charge is -2.12. The summed E-state index contributed by atoms with van der Waals surface area (Å²) in [5.74, 6) is 0. The number of hydrogen-bond acceptors (Lipinski definition) is 2. The number of allylic oxidation sites excluding steroid dienone is 1. The van der Waals surface area contributed by atoms with E-state index >= 15 is 0 Å². The summed E-state index contributed by atoms with van der Waals surface area (Å²) in [4.78, 5) is 0. The first-order valence-corrected chi connectivity index (χ1v) is 6.66. The van der Waals surface area contributed by atoms with Gasteiger partial charge in [-0.2, -0.15) is 23.7 Å². The van der Waals surface area contributed by atoms with Gasteiger partial charge in [-0.3, -0.25) is 0 Å². The molecule has 1 aromatic heterocycles. The minimum atomic E-state index is -4.37. The molecule has 0 aliphatic carbocycles. The van der Waals surface area contributed by atoms with Gasteiger partial charge in [0.2, 0.25) is 0 Å². The first kappa shape index (κ1) is 16.4. The van der Waals surface area contributed by atoms with E-state index in [9.17, 15) is 13.2 Å². The maximum Gasteiger partial charge on any atom is 0.416 e. The third-order valence-electron chi connectivity index (χ3n) is 3.46. The molecule has 1 aromatic carbocycles. The molecule has 0 unspecified atom stereocenters. The number of aromatic nitrogens is 1. The minimum Gasteiger partial charge on any atom is -0.318 e. The Bertz CT molecular complexity index is 825. The summed E-state index contributed by atoms with van der Waals surface area (Å²) >= 11 is 0. The number of nitriles is 2. The molecule has 0 bridgehead atoms. The van der Waals surface area contributed by atoms with E-state index in [0.717, 1.165) is 23.5 Å². The molecule has 0 saturated carbocycles. The molecule has 0 radical (unpaired) electrons. The van der Waals surface area contributed by atoms with Crippen LogP contribution < -0.4 is 0 Å². The Morgan fingerprint density at radius 3 is 2.13 bits per heavy atom. The highest BCUT2D eigenvalue weighted by molar-refractivity contribution is 5.65. The maximum atomic E-state index is 12.6. The SMILES string of the molecule is Cc1cc(C=C(C#N)C#N)c(C)n1-c1ccc(C(F)(F)F)cc1. The maximum absolute atomic E-state index is 12.6. The molecule has 6 heteroatoms. The van der Waals surface area contributed by atoms with Crippen LogP contribution in [-0.2, 0) is 6.18 Å². The monoisotopic (exact) mass is 315 g/mol. The van der Waals surface area contributed by atoms with Gasteiger partial charge in [0.1, 0.15) is 17.7 Å². The Morgan fingerprint density at radius 2 is 1.65 bits per heavy atom. The summed E-state index contributed by atoms with van der Waals surface area (Å²) in [5.41, 5.74) is 2.07. The molecule has 2 aromatic rings. The lowest BCUT2D eigenvalue weighted by Crippen LogP contribution is -2.05. The smallest absolute Gasteiger partial charge is 0.318 e. The van der Waals surface area contributed by atoms with Crippen molar-refractivity contribution in [3.8, 4) is 17.8 Å². The molecule has 0 amide bonds. The van der Waals surface area contributed by atoms with Crippen LogP contribution in [0.4, 0.5) is 13.2 Å². The number of hydrogen-bond donors (Lipinski definition) is 0. The molecule has 0 aliphatic rings. The van der Waals surface area contributed by atoms with Gasteiger partial charge in [-0.1, -0.05) is 0 Å². The fourth-order valence-electron chi connectivity index (χ4n) is 2.38. The first-order valence-electron chi connectivity index (χ1n) is 6.66. The fourth-order valence-corrected chi connectivity index (χ4v) is 2.38. The van der Waals surface area contributed by atoms with Gasteiger partial charge >= 0.3 is 6.18 Å². The molecular weight excluding hydrogens is 303 g/mol. The number of halogens is 3. The number of benzene rings is 1. The van der Waals surface area contributed by atoms with Crippen molar-refractivity contribution in [2.75, 3.05) is 0 Å². The van der Waals surface area contributed by atoms with Crippen molar-refractivity contribution in [2.24, 2.45) is 0 Å². The van der Waals surface area contributed by atoms with Crippen molar-refractivity contribution in [3.05, 3.63) is 58.4 Å². The molecule has 0 N–H and O–H groups in total. The second-order valence-corrected chi connectivity index (χ2v) is 4.99. The molecular formula is C17H12F3N3. The van der Waals surface area contributed by atoms with E-state index in [2.05, 4.69) is 0 Å². The molecule has 23 heavy (non-hydrogen) atoms. The Labute approximate surface area is 131 Å². The Hall–Kier alpha value is -2.99. The van der Waals surface area contributed by atoms with Crippen LogP contribution in [0.5, 0.6) is 0 Å². The molecule has 0 fully saturated rings. The Balaban J connectivity index is 2.50. The van der Waals surface area contributed by atoms with Crippen LogP contribution in [0, 0.1) is 36.5 Å². The van der Waals surface area contributed by atoms with Gasteiger partial charge in [0.15, 0.2) is 0 Å². The molecule has 116 valence electrons. The highest BCUT2D eigenvalue weighted by atomic mass is 19.4. The zero-order valence-corrected chi connectivity index (χ0v) is 12.4. The van der Waals surface area contributed by atoms with Gasteiger partial charge < -0.3 is 4.57 Å². The van der Waals surface area contributed by atoms with Crippen LogP contribution in [0.2, 0.25) is 0 Å². The van der Waals surface area contributed by atoms with E-state index in [-0.39, 0.29) is 5.57 Å². The van der Waals surface area contributed by atoms with Crippen LogP contribution in [0.3, 0.4) is 0 Å². The molecule has 0 saturated heterocycles. The number of nitrogens with zero attached hydrogens (tertiary/aromatic N) is 3. The zero-order valence-electron chi connectivity index (χ0n) is 12.4. The van der Waals surface area contributed by atoms with Gasteiger partial charge in [0.25, 0.3) is 0 Å². The third-order valence-corrected chi connectivity index (χ3v) is 3.46. The molecule has 0 atom stereocenters. The van der Waals surface area contributed by atoms with Gasteiger partial charge in [0, 0.05) is 17.1 Å². The quantitative estimate of drug-likeness (QED) is 0.764.